The van der Waals surface area contributed by atoms with Gasteiger partial charge in [-0.3, -0.25) is 0 Å². The Morgan fingerprint density at radius 1 is 1.43 bits per heavy atom. The van der Waals surface area contributed by atoms with Gasteiger partial charge in [-0.1, -0.05) is 13.0 Å². The summed E-state index contributed by atoms with van der Waals surface area (Å²) in [6.45, 7) is 2.89. The molecule has 5 rings (SSSR count). The molecular formula is C20H25N5O4S. The maximum absolute atomic E-state index is 13.1. The number of nitrogens with one attached hydrogen (secondary N) is 1. The summed E-state index contributed by atoms with van der Waals surface area (Å²) in [4.78, 5) is 12.9. The van der Waals surface area contributed by atoms with E-state index >= 15 is 0 Å². The number of ether oxygens (including phenoxy) is 2. The number of fused-ring (bicyclic) bond motifs is 3. The summed E-state index contributed by atoms with van der Waals surface area (Å²) >= 11 is 0. The highest BCUT2D eigenvalue weighted by atomic mass is 32.2. The number of methoxy groups -OCH3 is 1. The molecule has 2 amide bonds. The van der Waals surface area contributed by atoms with Gasteiger partial charge in [0.2, 0.25) is 5.88 Å². The van der Waals surface area contributed by atoms with Gasteiger partial charge in [0.15, 0.2) is 9.92 Å². The number of hydrogen-bond acceptors (Lipinski definition) is 5. The predicted octanol–water partition coefficient (Wildman–Crippen LogP) is 2.37. The Morgan fingerprint density at radius 3 is 3.03 bits per heavy atom. The molecule has 0 fully saturated rings. The Labute approximate surface area is 175 Å². The number of carbonyl (C=O) groups is 1. The molecule has 2 unspecified atom stereocenters. The van der Waals surface area contributed by atoms with Gasteiger partial charge in [-0.25, -0.2) is 18.8 Å². The molecular weight excluding hydrogens is 406 g/mol. The van der Waals surface area contributed by atoms with Crippen LogP contribution in [0.2, 0.25) is 0 Å². The van der Waals surface area contributed by atoms with Gasteiger partial charge in [0, 0.05) is 12.8 Å². The molecule has 1 aliphatic heterocycles. The van der Waals surface area contributed by atoms with E-state index in [4.69, 9.17) is 14.6 Å². The second kappa shape index (κ2) is 7.07. The van der Waals surface area contributed by atoms with Crippen molar-refractivity contribution in [3.05, 3.63) is 34.5 Å². The van der Waals surface area contributed by atoms with E-state index in [9.17, 15) is 9.00 Å². The van der Waals surface area contributed by atoms with Crippen molar-refractivity contribution in [3.63, 3.8) is 0 Å². The molecule has 0 bridgehead atoms. The topological polar surface area (TPSA) is 121 Å². The van der Waals surface area contributed by atoms with Crippen molar-refractivity contribution in [2.24, 2.45) is 9.50 Å². The molecule has 2 aromatic rings. The molecule has 0 radical (unpaired) electrons. The van der Waals surface area contributed by atoms with E-state index < -0.39 is 15.9 Å². The van der Waals surface area contributed by atoms with Gasteiger partial charge in [0.1, 0.15) is 17.6 Å². The van der Waals surface area contributed by atoms with Crippen LogP contribution in [0.4, 0.5) is 10.5 Å². The average Bonchev–Trinajstić information content (AvgIpc) is 3.33. The lowest BCUT2D eigenvalue weighted by atomic mass is 9.75. The molecule has 2 aliphatic carbocycles. The van der Waals surface area contributed by atoms with Crippen molar-refractivity contribution in [3.8, 4) is 5.88 Å². The highest BCUT2D eigenvalue weighted by Crippen LogP contribution is 2.45. The lowest BCUT2D eigenvalue weighted by Crippen LogP contribution is -2.32. The fourth-order valence-electron chi connectivity index (χ4n) is 4.69. The number of nitrogens with two attached hydrogens (primary N) is 1. The zero-order chi connectivity index (χ0) is 21.0. The molecule has 160 valence electrons. The molecule has 1 aromatic carbocycles. The number of carbonyl (C=O) groups excluding carboxylic acids is 1. The Kier molecular flexibility index (Phi) is 4.60. The summed E-state index contributed by atoms with van der Waals surface area (Å²) in [5, 5.41) is 13.0. The van der Waals surface area contributed by atoms with Gasteiger partial charge >= 0.3 is 6.03 Å². The number of anilines is 1. The molecule has 10 heteroatoms. The molecule has 1 aromatic heterocycles. The summed E-state index contributed by atoms with van der Waals surface area (Å²) in [5.74, 6) is 0.652. The minimum absolute atomic E-state index is 0.117. The first kappa shape index (κ1) is 19.5. The third kappa shape index (κ3) is 3.10. The zero-order valence-corrected chi connectivity index (χ0v) is 17.8. The van der Waals surface area contributed by atoms with Gasteiger partial charge in [-0.2, -0.15) is 5.10 Å². The van der Waals surface area contributed by atoms with Crippen LogP contribution in [0, 0.1) is 0 Å². The van der Waals surface area contributed by atoms with E-state index in [0.717, 1.165) is 31.4 Å². The number of benzene rings is 1. The third-order valence-electron chi connectivity index (χ3n) is 6.19. The van der Waals surface area contributed by atoms with E-state index in [-0.39, 0.29) is 23.5 Å². The quantitative estimate of drug-likeness (QED) is 0.773. The number of rotatable bonds is 3. The number of aromatic nitrogens is 2. The number of nitrogens with zero attached hydrogens (tertiary/aromatic N) is 3. The monoisotopic (exact) mass is 431 g/mol. The van der Waals surface area contributed by atoms with Gasteiger partial charge in [-0.05, 0) is 53.9 Å². The summed E-state index contributed by atoms with van der Waals surface area (Å²) in [6.07, 6.45) is 5.23. The lowest BCUT2D eigenvalue weighted by Gasteiger charge is -2.31. The van der Waals surface area contributed by atoms with Crippen molar-refractivity contribution in [1.29, 1.82) is 0 Å². The molecule has 0 saturated carbocycles. The van der Waals surface area contributed by atoms with E-state index in [0.29, 0.717) is 12.5 Å². The fourth-order valence-corrected chi connectivity index (χ4v) is 5.70. The van der Waals surface area contributed by atoms with Crippen LogP contribution in [0.25, 0.3) is 0 Å². The molecule has 9 nitrogen and oxygen atoms in total. The highest BCUT2D eigenvalue weighted by Gasteiger charge is 2.32. The summed E-state index contributed by atoms with van der Waals surface area (Å²) in [6, 6.07) is 1.55. The summed E-state index contributed by atoms with van der Waals surface area (Å²) in [7, 11) is -1.93. The van der Waals surface area contributed by atoms with Gasteiger partial charge in [0.25, 0.3) is 0 Å². The SMILES string of the molecule is COC1COc2c(S(N)(=O)=NC(=O)Nc3c4c(cc5c3[C@@H](C)C5)CCC4)cnn2C1. The molecule has 2 heterocycles. The first-order valence-corrected chi connectivity index (χ1v) is 11.7. The minimum atomic E-state index is -3.52. The van der Waals surface area contributed by atoms with Crippen LogP contribution in [0.1, 0.15) is 41.5 Å². The van der Waals surface area contributed by atoms with Crippen LogP contribution in [0.3, 0.4) is 0 Å². The first-order chi connectivity index (χ1) is 14.4. The largest absolute Gasteiger partial charge is 0.474 e. The Hall–Kier alpha value is -2.43. The normalized spacial score (nSPS) is 23.3. The van der Waals surface area contributed by atoms with Crippen LogP contribution in [-0.4, -0.2) is 39.8 Å². The first-order valence-electron chi connectivity index (χ1n) is 10.1. The fraction of sp³-hybridized carbons (Fsp3) is 0.500. The van der Waals surface area contributed by atoms with E-state index in [1.165, 1.54) is 33.1 Å². The molecule has 30 heavy (non-hydrogen) atoms. The molecule has 3 atom stereocenters. The Balaban J connectivity index is 1.45. The maximum atomic E-state index is 13.1. The second-order valence-electron chi connectivity index (χ2n) is 8.18. The Bertz CT molecular complexity index is 1160. The van der Waals surface area contributed by atoms with Crippen molar-refractivity contribution in [2.75, 3.05) is 19.0 Å². The molecule has 0 saturated heterocycles. The number of hydrogen-bond donors (Lipinski definition) is 2. The third-order valence-corrected chi connectivity index (χ3v) is 7.53. The van der Waals surface area contributed by atoms with Crippen molar-refractivity contribution < 1.29 is 18.5 Å². The molecule has 3 aliphatic rings. The zero-order valence-electron chi connectivity index (χ0n) is 17.0. The predicted molar refractivity (Wildman–Crippen MR) is 111 cm³/mol. The van der Waals surface area contributed by atoms with Gasteiger partial charge in [0.05, 0.1) is 12.7 Å². The Morgan fingerprint density at radius 2 is 2.27 bits per heavy atom. The maximum Gasteiger partial charge on any atom is 0.354 e. The van der Waals surface area contributed by atoms with Crippen molar-refractivity contribution in [2.45, 2.75) is 56.1 Å². The van der Waals surface area contributed by atoms with Gasteiger partial charge in [-0.15, -0.1) is 4.36 Å². The van der Waals surface area contributed by atoms with Crippen LogP contribution in [-0.2, 0) is 40.5 Å². The highest BCUT2D eigenvalue weighted by molar-refractivity contribution is 7.91. The molecule has 0 spiro atoms. The number of aryl methyl sites for hydroxylation is 1. The van der Waals surface area contributed by atoms with Crippen molar-refractivity contribution in [1.82, 2.24) is 9.78 Å². The van der Waals surface area contributed by atoms with Gasteiger partial charge < -0.3 is 14.8 Å². The second-order valence-corrected chi connectivity index (χ2v) is 9.94. The standard InChI is InChI=1S/C20H25N5O4S/c1-11-6-13-7-12-4-3-5-15(12)18(17(11)13)23-20(26)24-30(21,27)16-8-22-25-9-14(28-2)10-29-19(16)25/h7-8,11,14H,3-6,9-10H2,1-2H3,(H3,21,23,24,26,27)/t11-,14?,30?/m0/s1. The van der Waals surface area contributed by atoms with Crippen LogP contribution in [0.15, 0.2) is 21.5 Å². The number of urea groups is 1. The smallest absolute Gasteiger partial charge is 0.354 e. The van der Waals surface area contributed by atoms with E-state index in [1.54, 1.807) is 7.11 Å². The van der Waals surface area contributed by atoms with Crippen molar-refractivity contribution >= 4 is 21.6 Å². The summed E-state index contributed by atoms with van der Waals surface area (Å²) < 4.78 is 29.4. The number of amides is 2. The molecule has 3 N–H and O–H groups in total. The lowest BCUT2D eigenvalue weighted by molar-refractivity contribution is 0.0165. The van der Waals surface area contributed by atoms with E-state index in [1.807, 2.05) is 0 Å². The van der Waals surface area contributed by atoms with Crippen LogP contribution in [0.5, 0.6) is 5.88 Å². The summed E-state index contributed by atoms with van der Waals surface area (Å²) in [5.41, 5.74) is 5.73. The van der Waals surface area contributed by atoms with E-state index in [2.05, 4.69) is 27.8 Å². The van der Waals surface area contributed by atoms with Crippen LogP contribution >= 0.6 is 0 Å². The minimum Gasteiger partial charge on any atom is -0.474 e. The van der Waals surface area contributed by atoms with Crippen LogP contribution < -0.4 is 15.2 Å². The average molecular weight is 432 g/mol.